The molecule has 4 aromatic rings. The Bertz CT molecular complexity index is 1260. The van der Waals surface area contributed by atoms with Crippen molar-refractivity contribution in [3.05, 3.63) is 71.3 Å². The third kappa shape index (κ3) is 4.52. The molecule has 33 heavy (non-hydrogen) atoms. The van der Waals surface area contributed by atoms with Crippen LogP contribution in [0.5, 0.6) is 5.75 Å². The molecule has 0 unspecified atom stereocenters. The average Bonchev–Trinajstić information content (AvgIpc) is 3.16. The quantitative estimate of drug-likeness (QED) is 0.426. The van der Waals surface area contributed by atoms with E-state index in [2.05, 4.69) is 10.2 Å². The smallest absolute Gasteiger partial charge is 0.179 e. The van der Waals surface area contributed by atoms with Crippen LogP contribution in [0.15, 0.2) is 48.5 Å². The van der Waals surface area contributed by atoms with Crippen LogP contribution in [0, 0.1) is 19.7 Å². The van der Waals surface area contributed by atoms with Crippen LogP contribution >= 0.6 is 0 Å². The van der Waals surface area contributed by atoms with E-state index in [9.17, 15) is 9.50 Å². The first-order valence-corrected chi connectivity index (χ1v) is 11.0. The maximum atomic E-state index is 14.9. The minimum absolute atomic E-state index is 0.333. The number of hydrogen-bond acceptors (Lipinski definition) is 6. The van der Waals surface area contributed by atoms with E-state index in [1.54, 1.807) is 16.8 Å². The van der Waals surface area contributed by atoms with Gasteiger partial charge < -0.3 is 14.7 Å². The topological polar surface area (TPSA) is 76.3 Å². The zero-order chi connectivity index (χ0) is 23.5. The molecule has 172 valence electrons. The van der Waals surface area contributed by atoms with Crippen molar-refractivity contribution in [2.75, 3.05) is 25.1 Å². The van der Waals surface area contributed by atoms with Gasteiger partial charge in [0, 0.05) is 19.7 Å². The first kappa shape index (κ1) is 22.7. The lowest BCUT2D eigenvalue weighted by atomic mass is 10.1. The predicted octanol–water partition coefficient (Wildman–Crippen LogP) is 4.53. The summed E-state index contributed by atoms with van der Waals surface area (Å²) >= 11 is 0. The molecule has 0 radical (unpaired) electrons. The molecule has 0 saturated heterocycles. The van der Waals surface area contributed by atoms with Gasteiger partial charge in [0.05, 0.1) is 29.5 Å². The Morgan fingerprint density at radius 1 is 1.12 bits per heavy atom. The minimum atomic E-state index is -0.584. The van der Waals surface area contributed by atoms with E-state index < -0.39 is 11.9 Å². The van der Waals surface area contributed by atoms with Gasteiger partial charge in [0.15, 0.2) is 11.6 Å². The number of fused-ring (bicyclic) bond motifs is 1. The third-order valence-electron chi connectivity index (χ3n) is 5.73. The molecule has 0 amide bonds. The fourth-order valence-corrected chi connectivity index (χ4v) is 3.98. The normalized spacial score (nSPS) is 12.2. The molecule has 2 heterocycles. The fourth-order valence-electron chi connectivity index (χ4n) is 3.98. The van der Waals surface area contributed by atoms with Gasteiger partial charge in [-0.25, -0.2) is 9.07 Å². The molecule has 4 rings (SSSR count). The van der Waals surface area contributed by atoms with Crippen LogP contribution in [0.4, 0.5) is 10.2 Å². The Balaban J connectivity index is 1.66. The highest BCUT2D eigenvalue weighted by atomic mass is 19.1. The summed E-state index contributed by atoms with van der Waals surface area (Å²) in [4.78, 5) is 1.92. The number of ether oxygens (including phenoxy) is 1. The SMILES string of the molecule is CCOc1ccc(-n2nc3c(N(C)CC[C@H](O)c4ccccc4)nnc(C)c3c2C)c(F)c1. The average molecular weight is 450 g/mol. The predicted molar refractivity (Wildman–Crippen MR) is 127 cm³/mol. The maximum Gasteiger partial charge on any atom is 0.179 e. The van der Waals surface area contributed by atoms with Crippen molar-refractivity contribution in [1.82, 2.24) is 20.0 Å². The van der Waals surface area contributed by atoms with Crippen LogP contribution in [-0.4, -0.2) is 45.3 Å². The van der Waals surface area contributed by atoms with E-state index in [0.29, 0.717) is 42.3 Å². The van der Waals surface area contributed by atoms with Crippen molar-refractivity contribution >= 4 is 16.7 Å². The molecule has 0 bridgehead atoms. The van der Waals surface area contributed by atoms with Crippen LogP contribution in [0.25, 0.3) is 16.6 Å². The molecule has 2 aromatic heterocycles. The second-order valence-corrected chi connectivity index (χ2v) is 8.01. The number of nitrogens with zero attached hydrogens (tertiary/aromatic N) is 5. The summed E-state index contributed by atoms with van der Waals surface area (Å²) in [5.41, 5.74) is 3.35. The monoisotopic (exact) mass is 449 g/mol. The summed E-state index contributed by atoms with van der Waals surface area (Å²) in [6, 6.07) is 14.3. The molecule has 0 aliphatic rings. The van der Waals surface area contributed by atoms with Crippen molar-refractivity contribution in [2.45, 2.75) is 33.3 Å². The van der Waals surface area contributed by atoms with Gasteiger partial charge in [0.25, 0.3) is 0 Å². The first-order valence-electron chi connectivity index (χ1n) is 11.0. The number of aryl methyl sites for hydroxylation is 2. The summed E-state index contributed by atoms with van der Waals surface area (Å²) in [5.74, 6) is 0.644. The molecular weight excluding hydrogens is 421 g/mol. The van der Waals surface area contributed by atoms with E-state index in [-0.39, 0.29) is 0 Å². The van der Waals surface area contributed by atoms with Gasteiger partial charge >= 0.3 is 0 Å². The van der Waals surface area contributed by atoms with Gasteiger partial charge in [0.2, 0.25) is 0 Å². The standard InChI is InChI=1S/C25H28FN5O2/c1-5-33-19-11-12-21(20(26)15-19)31-17(3)23-16(2)27-28-25(24(23)29-31)30(4)14-13-22(32)18-9-7-6-8-10-18/h6-12,15,22,32H,5,13-14H2,1-4H3/t22-/m0/s1. The van der Waals surface area contributed by atoms with Crippen molar-refractivity contribution in [1.29, 1.82) is 0 Å². The van der Waals surface area contributed by atoms with Crippen molar-refractivity contribution in [3.63, 3.8) is 0 Å². The number of rotatable bonds is 8. The summed E-state index contributed by atoms with van der Waals surface area (Å²) in [6.45, 7) is 6.63. The van der Waals surface area contributed by atoms with Crippen LogP contribution < -0.4 is 9.64 Å². The molecule has 1 N–H and O–H groups in total. The highest BCUT2D eigenvalue weighted by Crippen LogP contribution is 2.30. The third-order valence-corrected chi connectivity index (χ3v) is 5.73. The van der Waals surface area contributed by atoms with Gasteiger partial charge in [-0.15, -0.1) is 5.10 Å². The summed E-state index contributed by atoms with van der Waals surface area (Å²) in [6.07, 6.45) is -0.0649. The van der Waals surface area contributed by atoms with Gasteiger partial charge in [-0.3, -0.25) is 0 Å². The minimum Gasteiger partial charge on any atom is -0.494 e. The number of hydrogen-bond donors (Lipinski definition) is 1. The Morgan fingerprint density at radius 2 is 1.88 bits per heavy atom. The second-order valence-electron chi connectivity index (χ2n) is 8.01. The largest absolute Gasteiger partial charge is 0.494 e. The number of anilines is 1. The van der Waals surface area contributed by atoms with Crippen molar-refractivity contribution in [2.24, 2.45) is 0 Å². The molecule has 0 spiro atoms. The molecular formula is C25H28FN5O2. The van der Waals surface area contributed by atoms with E-state index in [0.717, 1.165) is 22.3 Å². The van der Waals surface area contributed by atoms with Crippen LogP contribution in [0.1, 0.15) is 36.4 Å². The number of halogens is 1. The number of aromatic nitrogens is 4. The van der Waals surface area contributed by atoms with E-state index >= 15 is 0 Å². The Kier molecular flexibility index (Phi) is 6.55. The maximum absolute atomic E-state index is 14.9. The van der Waals surface area contributed by atoms with E-state index in [4.69, 9.17) is 9.84 Å². The first-order chi connectivity index (χ1) is 15.9. The Labute approximate surface area is 192 Å². The summed E-state index contributed by atoms with van der Waals surface area (Å²) in [5, 5.41) is 24.8. The van der Waals surface area contributed by atoms with Crippen LogP contribution in [0.2, 0.25) is 0 Å². The van der Waals surface area contributed by atoms with Crippen molar-refractivity contribution in [3.8, 4) is 11.4 Å². The number of benzene rings is 2. The number of aliphatic hydroxyl groups excluding tert-OH is 1. The number of aliphatic hydroxyl groups is 1. The van der Waals surface area contributed by atoms with Crippen LogP contribution in [0.3, 0.4) is 0 Å². The van der Waals surface area contributed by atoms with Gasteiger partial charge in [0.1, 0.15) is 17.0 Å². The highest BCUT2D eigenvalue weighted by Gasteiger charge is 2.21. The highest BCUT2D eigenvalue weighted by molar-refractivity contribution is 5.92. The van der Waals surface area contributed by atoms with Gasteiger partial charge in [-0.2, -0.15) is 10.2 Å². The molecule has 2 aromatic carbocycles. The molecule has 8 heteroatoms. The lowest BCUT2D eigenvalue weighted by Crippen LogP contribution is -2.22. The van der Waals surface area contributed by atoms with Crippen molar-refractivity contribution < 1.29 is 14.2 Å². The zero-order valence-corrected chi connectivity index (χ0v) is 19.3. The zero-order valence-electron chi connectivity index (χ0n) is 19.3. The lowest BCUT2D eigenvalue weighted by molar-refractivity contribution is 0.170. The molecule has 0 aliphatic heterocycles. The van der Waals surface area contributed by atoms with Crippen LogP contribution in [-0.2, 0) is 0 Å². The molecule has 7 nitrogen and oxygen atoms in total. The van der Waals surface area contributed by atoms with E-state index in [1.807, 2.05) is 63.1 Å². The molecule has 0 aliphatic carbocycles. The molecule has 1 atom stereocenters. The molecule has 0 saturated carbocycles. The Hall–Kier alpha value is -3.52. The fraction of sp³-hybridized carbons (Fsp3) is 0.320. The summed E-state index contributed by atoms with van der Waals surface area (Å²) < 4.78 is 21.9. The second kappa shape index (κ2) is 9.54. The Morgan fingerprint density at radius 3 is 2.58 bits per heavy atom. The summed E-state index contributed by atoms with van der Waals surface area (Å²) in [7, 11) is 1.89. The molecule has 0 fully saturated rings. The van der Waals surface area contributed by atoms with Gasteiger partial charge in [-0.05, 0) is 44.9 Å². The van der Waals surface area contributed by atoms with Gasteiger partial charge in [-0.1, -0.05) is 30.3 Å². The lowest BCUT2D eigenvalue weighted by Gasteiger charge is -2.20. The van der Waals surface area contributed by atoms with E-state index in [1.165, 1.54) is 6.07 Å².